The van der Waals surface area contributed by atoms with Crippen LogP contribution < -0.4 is 31.1 Å². The molecule has 10 rings (SSSR count). The molecule has 8 heterocycles. The number of nitrogens with zero attached hydrogens (tertiary/aromatic N) is 11. The van der Waals surface area contributed by atoms with Gasteiger partial charge in [-0.3, -0.25) is 13.8 Å². The van der Waals surface area contributed by atoms with Gasteiger partial charge in [-0.25, -0.2) is 35.2 Å². The summed E-state index contributed by atoms with van der Waals surface area (Å²) in [5.74, 6) is 3.34. The van der Waals surface area contributed by atoms with Crippen molar-refractivity contribution in [1.82, 2.24) is 53.9 Å². The minimum absolute atomic E-state index is 0.0315. The number of aliphatic hydroxyl groups is 1. The number of imidazole rings is 1. The minimum Gasteiger partial charge on any atom is -0.501 e. The number of fused-ring (bicyclic) bond motifs is 1. The van der Waals surface area contributed by atoms with Crippen LogP contribution in [0.15, 0.2) is 147 Å². The zero-order valence-corrected chi connectivity index (χ0v) is 44.0. The molecule has 1 aliphatic rings. The molecule has 1 unspecified atom stereocenters. The van der Waals surface area contributed by atoms with E-state index in [1.165, 1.54) is 12.0 Å². The summed E-state index contributed by atoms with van der Waals surface area (Å²) in [4.78, 5) is 25.5. The van der Waals surface area contributed by atoms with Crippen LogP contribution in [0.3, 0.4) is 0 Å². The molecule has 77 heavy (non-hydrogen) atoms. The number of hydrogen-bond acceptors (Lipinski definition) is 18. The molecule has 0 radical (unpaired) electrons. The zero-order valence-electron chi connectivity index (χ0n) is 43.2. The molecule has 0 aliphatic carbocycles. The molecule has 0 bridgehead atoms. The molecule has 9 aromatic rings. The number of ether oxygens (including phenoxy) is 5. The molecule has 1 fully saturated rings. The Balaban J connectivity index is 0.000000174. The van der Waals surface area contributed by atoms with E-state index < -0.39 is 0 Å². The molecule has 7 N–H and O–H groups in total. The summed E-state index contributed by atoms with van der Waals surface area (Å²) in [5, 5.41) is 28.0. The topological polar surface area (TPSA) is 260 Å². The first kappa shape index (κ1) is 56.3. The first-order chi connectivity index (χ1) is 37.8. The van der Waals surface area contributed by atoms with Gasteiger partial charge in [-0.2, -0.15) is 10.2 Å². The van der Waals surface area contributed by atoms with Crippen LogP contribution >= 0.6 is 11.8 Å². The van der Waals surface area contributed by atoms with E-state index in [2.05, 4.69) is 116 Å². The zero-order chi connectivity index (χ0) is 54.0. The van der Waals surface area contributed by atoms with Gasteiger partial charge < -0.3 is 45.2 Å². The number of nitrogens with two attached hydrogens (primary N) is 2. The molecule has 22 heteroatoms. The largest absolute Gasteiger partial charge is 0.501 e. The Kier molecular flexibility index (Phi) is 22.0. The molecule has 7 aromatic heterocycles. The quantitative estimate of drug-likeness (QED) is 0.0273. The number of hydrogen-bond donors (Lipinski definition) is 5. The van der Waals surface area contributed by atoms with Crippen LogP contribution in [0.4, 0.5) is 17.5 Å². The second-order valence-electron chi connectivity index (χ2n) is 17.0. The number of halogens is 1. The number of nitrogen functional groups attached to an aromatic ring is 1. The van der Waals surface area contributed by atoms with E-state index in [1.54, 1.807) is 52.8 Å². The fraction of sp³-hybridized carbons (Fsp3) is 0.273. The Morgan fingerprint density at radius 3 is 1.97 bits per heavy atom. The monoisotopic (exact) mass is 1070 g/mol. The number of pyridine rings is 2. The van der Waals surface area contributed by atoms with Gasteiger partial charge in [0.25, 0.3) is 0 Å². The van der Waals surface area contributed by atoms with E-state index in [9.17, 15) is 0 Å². The Hall–Kier alpha value is -8.47. The van der Waals surface area contributed by atoms with Gasteiger partial charge in [0.05, 0.1) is 61.8 Å². The van der Waals surface area contributed by atoms with E-state index >= 15 is 0 Å². The standard InChI is InChI=1S/C24H23N7O2.C19H21N5O.C12H18N2O3.ClH2N/c1-30-15-19(13-29-30)18-4-2-17(3-5-18)12-25-23-11-21(27-16-28-23)22-14-26-24-10-20(33-9-8-32)6-7-31(22)24;1-3-25-9-8-18-10-19(22-14-21-18)20-11-15-4-6-16(7-5-15)17-12-23-24(2)13-17;13-11-9-10(4-5-14-11)15-7-8-17-12-3-1-2-6-16-12;1-2/h2-7,10-11,13-16,32H,8-9,12H2,1H3,(H,25,27,28);4-10,12-14H,3,11H2,1-2H3,(H,20,21,22);4-5,9,12H,1-3,6-8H2,(H2,13,14);2H2/b;9-8+;;. The van der Waals surface area contributed by atoms with E-state index in [4.69, 9.17) is 34.5 Å². The second-order valence-corrected chi connectivity index (χ2v) is 17.0. The third-order valence-electron chi connectivity index (χ3n) is 11.4. The highest BCUT2D eigenvalue weighted by molar-refractivity contribution is 6.11. The van der Waals surface area contributed by atoms with Crippen molar-refractivity contribution < 1.29 is 28.8 Å². The fourth-order valence-corrected chi connectivity index (χ4v) is 7.63. The summed E-state index contributed by atoms with van der Waals surface area (Å²) in [7, 11) is 3.83. The highest BCUT2D eigenvalue weighted by atomic mass is 35.5. The summed E-state index contributed by atoms with van der Waals surface area (Å²) in [5.41, 5.74) is 15.5. The number of aryl methyl sites for hydroxylation is 2. The van der Waals surface area contributed by atoms with Gasteiger partial charge in [-0.1, -0.05) is 48.5 Å². The number of aromatic nitrogens is 11. The summed E-state index contributed by atoms with van der Waals surface area (Å²) in [6.07, 6.45) is 22.8. The number of rotatable bonds is 20. The van der Waals surface area contributed by atoms with Crippen LogP contribution in [-0.2, 0) is 41.4 Å². The van der Waals surface area contributed by atoms with E-state index in [1.807, 2.05) is 86.7 Å². The Bertz CT molecular complexity index is 3180. The fourth-order valence-electron chi connectivity index (χ4n) is 7.63. The summed E-state index contributed by atoms with van der Waals surface area (Å²) >= 11 is 4.14. The van der Waals surface area contributed by atoms with Gasteiger partial charge >= 0.3 is 0 Å². The maximum Gasteiger partial charge on any atom is 0.157 e. The van der Waals surface area contributed by atoms with Crippen molar-refractivity contribution in [2.24, 2.45) is 19.3 Å². The van der Waals surface area contributed by atoms with Gasteiger partial charge in [-0.05, 0) is 78.4 Å². The number of aliphatic hydroxyl groups excluding tert-OH is 1. The maximum absolute atomic E-state index is 8.93. The summed E-state index contributed by atoms with van der Waals surface area (Å²) in [6, 6.07) is 27.7. The maximum atomic E-state index is 8.93. The van der Waals surface area contributed by atoms with Crippen molar-refractivity contribution >= 4 is 41.0 Å². The van der Waals surface area contributed by atoms with E-state index in [-0.39, 0.29) is 19.5 Å². The van der Waals surface area contributed by atoms with Gasteiger partial charge in [-0.15, -0.1) is 0 Å². The number of anilines is 3. The molecule has 0 amide bonds. The van der Waals surface area contributed by atoms with Crippen molar-refractivity contribution in [3.05, 3.63) is 164 Å². The lowest BCUT2D eigenvalue weighted by Gasteiger charge is -2.22. The van der Waals surface area contributed by atoms with Crippen molar-refractivity contribution in [2.45, 2.75) is 45.6 Å². The van der Waals surface area contributed by atoms with Crippen molar-refractivity contribution in [3.63, 3.8) is 0 Å². The first-order valence-electron chi connectivity index (χ1n) is 24.8. The predicted molar refractivity (Wildman–Crippen MR) is 297 cm³/mol. The molecular weight excluding hydrogens is 1000 g/mol. The molecular formula is C55H64ClN15O6. The van der Waals surface area contributed by atoms with Gasteiger partial charge in [0.1, 0.15) is 60.5 Å². The van der Waals surface area contributed by atoms with Crippen LogP contribution in [-0.4, -0.2) is 105 Å². The molecule has 1 saturated heterocycles. The predicted octanol–water partition coefficient (Wildman–Crippen LogP) is 8.36. The molecule has 0 spiro atoms. The summed E-state index contributed by atoms with van der Waals surface area (Å²) < 4.78 is 32.6. The van der Waals surface area contributed by atoms with E-state index in [0.717, 1.165) is 81.6 Å². The first-order valence-corrected chi connectivity index (χ1v) is 25.3. The van der Waals surface area contributed by atoms with Crippen LogP contribution in [0, 0.1) is 0 Å². The average molecular weight is 1070 g/mol. The third kappa shape index (κ3) is 17.8. The van der Waals surface area contributed by atoms with Crippen LogP contribution in [0.5, 0.6) is 11.5 Å². The second kappa shape index (κ2) is 30.2. The highest BCUT2D eigenvalue weighted by Gasteiger charge is 2.14. The van der Waals surface area contributed by atoms with Crippen molar-refractivity contribution in [1.29, 1.82) is 0 Å². The third-order valence-corrected chi connectivity index (χ3v) is 11.4. The van der Waals surface area contributed by atoms with Crippen LogP contribution in [0.25, 0.3) is 45.4 Å². The Morgan fingerprint density at radius 1 is 0.714 bits per heavy atom. The lowest BCUT2D eigenvalue weighted by atomic mass is 10.1. The van der Waals surface area contributed by atoms with Gasteiger partial charge in [0, 0.05) is 94.0 Å². The molecule has 0 saturated carbocycles. The molecule has 21 nitrogen and oxygen atoms in total. The van der Waals surface area contributed by atoms with E-state index in [0.29, 0.717) is 50.2 Å². The lowest BCUT2D eigenvalue weighted by molar-refractivity contribution is -0.165. The van der Waals surface area contributed by atoms with Crippen molar-refractivity contribution in [2.75, 3.05) is 56.0 Å². The normalized spacial score (nSPS) is 12.8. The Labute approximate surface area is 452 Å². The smallest absolute Gasteiger partial charge is 0.157 e. The highest BCUT2D eigenvalue weighted by Crippen LogP contribution is 2.25. The van der Waals surface area contributed by atoms with Crippen LogP contribution in [0.1, 0.15) is 43.0 Å². The molecule has 2 aromatic carbocycles. The molecule has 1 aliphatic heterocycles. The molecule has 402 valence electrons. The van der Waals surface area contributed by atoms with Gasteiger partial charge in [0.2, 0.25) is 0 Å². The number of benzene rings is 2. The average Bonchev–Trinajstić information content (AvgIpc) is 4.24. The minimum atomic E-state index is -0.0603. The van der Waals surface area contributed by atoms with Gasteiger partial charge in [0.15, 0.2) is 6.29 Å². The summed E-state index contributed by atoms with van der Waals surface area (Å²) in [6.45, 7) is 5.94. The molecule has 1 atom stereocenters. The lowest BCUT2D eigenvalue weighted by Crippen LogP contribution is -2.24. The van der Waals surface area contributed by atoms with Crippen molar-refractivity contribution in [3.8, 4) is 45.1 Å². The number of nitrogens with one attached hydrogen (secondary N) is 2. The SMILES string of the molecule is CCO/C=C/c1cc(NCc2ccc(-c3cnn(C)c3)cc2)ncn1.Cn1cc(-c2ccc(CNc3cc(-c4cnc5cc(OCCO)ccn45)ncn3)cc2)cn1.NCl.Nc1cc(OCCOC2CCCCO2)ccn1. The Morgan fingerprint density at radius 2 is 1.36 bits per heavy atom. The van der Waals surface area contributed by atoms with Crippen LogP contribution in [0.2, 0.25) is 0 Å².